The van der Waals surface area contributed by atoms with E-state index in [0.717, 1.165) is 29.4 Å². The maximum Gasteiger partial charge on any atom is 0.123 e. The van der Waals surface area contributed by atoms with E-state index >= 15 is 0 Å². The van der Waals surface area contributed by atoms with Gasteiger partial charge in [-0.15, -0.1) is 0 Å². The van der Waals surface area contributed by atoms with Gasteiger partial charge in [-0.3, -0.25) is 0 Å². The maximum absolute atomic E-state index is 5.97. The standard InChI is InChI=1S/C13H20ClNO/c1-3-5-8-15-10-11-9-12(14)6-7-13(11)16-4-2/h6-7,9,15H,3-5,8,10H2,1-2H3. The van der Waals surface area contributed by atoms with E-state index in [4.69, 9.17) is 16.3 Å². The zero-order valence-corrected chi connectivity index (χ0v) is 10.8. The minimum absolute atomic E-state index is 0.684. The monoisotopic (exact) mass is 241 g/mol. The van der Waals surface area contributed by atoms with Crippen molar-refractivity contribution in [2.24, 2.45) is 0 Å². The summed E-state index contributed by atoms with van der Waals surface area (Å²) in [5.74, 6) is 0.927. The third-order valence-electron chi connectivity index (χ3n) is 2.34. The molecule has 1 N–H and O–H groups in total. The smallest absolute Gasteiger partial charge is 0.123 e. The van der Waals surface area contributed by atoms with Gasteiger partial charge in [0.05, 0.1) is 6.61 Å². The molecule has 0 unspecified atom stereocenters. The van der Waals surface area contributed by atoms with Crippen LogP contribution in [0.2, 0.25) is 5.02 Å². The Hall–Kier alpha value is -0.730. The third-order valence-corrected chi connectivity index (χ3v) is 2.58. The van der Waals surface area contributed by atoms with Crippen LogP contribution in [0.25, 0.3) is 0 Å². The number of unbranched alkanes of at least 4 members (excludes halogenated alkanes) is 1. The Morgan fingerprint density at radius 1 is 1.31 bits per heavy atom. The van der Waals surface area contributed by atoms with Crippen LogP contribution < -0.4 is 10.1 Å². The van der Waals surface area contributed by atoms with Crippen molar-refractivity contribution in [1.82, 2.24) is 5.32 Å². The molecule has 1 aromatic rings. The zero-order chi connectivity index (χ0) is 11.8. The van der Waals surface area contributed by atoms with Gasteiger partial charge in [-0.25, -0.2) is 0 Å². The summed E-state index contributed by atoms with van der Waals surface area (Å²) in [5.41, 5.74) is 1.13. The molecule has 0 bridgehead atoms. The first-order valence-electron chi connectivity index (χ1n) is 5.89. The van der Waals surface area contributed by atoms with Gasteiger partial charge in [0, 0.05) is 17.1 Å². The van der Waals surface area contributed by atoms with Crippen LogP contribution in [-0.2, 0) is 6.54 Å². The molecule has 0 heterocycles. The molecule has 2 nitrogen and oxygen atoms in total. The highest BCUT2D eigenvalue weighted by atomic mass is 35.5. The van der Waals surface area contributed by atoms with Crippen LogP contribution in [0.3, 0.4) is 0 Å². The van der Waals surface area contributed by atoms with Gasteiger partial charge in [0.2, 0.25) is 0 Å². The van der Waals surface area contributed by atoms with Gasteiger partial charge in [0.15, 0.2) is 0 Å². The number of nitrogens with one attached hydrogen (secondary N) is 1. The fourth-order valence-electron chi connectivity index (χ4n) is 1.51. The molecule has 0 fully saturated rings. The van der Waals surface area contributed by atoms with Crippen molar-refractivity contribution in [2.75, 3.05) is 13.2 Å². The molecule has 0 atom stereocenters. The fraction of sp³-hybridized carbons (Fsp3) is 0.538. The molecule has 90 valence electrons. The summed E-state index contributed by atoms with van der Waals surface area (Å²) in [7, 11) is 0. The Kier molecular flexibility index (Phi) is 6.27. The Bertz CT molecular complexity index is 315. The van der Waals surface area contributed by atoms with Crippen LogP contribution in [0.4, 0.5) is 0 Å². The van der Waals surface area contributed by atoms with E-state index in [1.165, 1.54) is 12.8 Å². The Morgan fingerprint density at radius 2 is 2.12 bits per heavy atom. The van der Waals surface area contributed by atoms with Gasteiger partial charge in [0.25, 0.3) is 0 Å². The van der Waals surface area contributed by atoms with Gasteiger partial charge in [-0.05, 0) is 38.1 Å². The Morgan fingerprint density at radius 3 is 2.81 bits per heavy atom. The van der Waals surface area contributed by atoms with Crippen molar-refractivity contribution in [3.8, 4) is 5.75 Å². The van der Waals surface area contributed by atoms with E-state index in [1.807, 2.05) is 25.1 Å². The van der Waals surface area contributed by atoms with Crippen LogP contribution in [0.5, 0.6) is 5.75 Å². The van der Waals surface area contributed by atoms with Crippen molar-refractivity contribution in [3.05, 3.63) is 28.8 Å². The van der Waals surface area contributed by atoms with Crippen molar-refractivity contribution in [3.63, 3.8) is 0 Å². The summed E-state index contributed by atoms with van der Waals surface area (Å²) in [6.07, 6.45) is 2.41. The van der Waals surface area contributed by atoms with E-state index < -0.39 is 0 Å². The summed E-state index contributed by atoms with van der Waals surface area (Å²) < 4.78 is 5.55. The quantitative estimate of drug-likeness (QED) is 0.736. The van der Waals surface area contributed by atoms with Crippen LogP contribution >= 0.6 is 11.6 Å². The lowest BCUT2D eigenvalue weighted by Crippen LogP contribution is -2.15. The minimum Gasteiger partial charge on any atom is -0.494 e. The molecule has 0 radical (unpaired) electrons. The van der Waals surface area contributed by atoms with Crippen LogP contribution in [0, 0.1) is 0 Å². The predicted molar refractivity (Wildman–Crippen MR) is 69.2 cm³/mol. The van der Waals surface area contributed by atoms with Gasteiger partial charge in [0.1, 0.15) is 5.75 Å². The van der Waals surface area contributed by atoms with Crippen LogP contribution in [0.15, 0.2) is 18.2 Å². The van der Waals surface area contributed by atoms with Crippen molar-refractivity contribution in [1.29, 1.82) is 0 Å². The molecule has 0 aromatic heterocycles. The molecule has 0 aliphatic carbocycles. The van der Waals surface area contributed by atoms with Crippen molar-refractivity contribution in [2.45, 2.75) is 33.2 Å². The molecule has 0 amide bonds. The average Bonchev–Trinajstić information content (AvgIpc) is 2.28. The Balaban J connectivity index is 2.57. The molecular formula is C13H20ClNO. The van der Waals surface area contributed by atoms with E-state index in [0.29, 0.717) is 6.61 Å². The second-order valence-corrected chi connectivity index (χ2v) is 4.15. The number of hydrogen-bond donors (Lipinski definition) is 1. The zero-order valence-electron chi connectivity index (χ0n) is 10.1. The summed E-state index contributed by atoms with van der Waals surface area (Å²) >= 11 is 5.97. The summed E-state index contributed by atoms with van der Waals surface area (Å²) in [6, 6.07) is 5.76. The maximum atomic E-state index is 5.97. The Labute approximate surface area is 103 Å². The number of halogens is 1. The van der Waals surface area contributed by atoms with Crippen molar-refractivity contribution >= 4 is 11.6 Å². The van der Waals surface area contributed by atoms with Crippen LogP contribution in [-0.4, -0.2) is 13.2 Å². The number of rotatable bonds is 7. The lowest BCUT2D eigenvalue weighted by atomic mass is 10.2. The molecule has 0 saturated carbocycles. The lowest BCUT2D eigenvalue weighted by Gasteiger charge is -2.11. The first kappa shape index (κ1) is 13.3. The van der Waals surface area contributed by atoms with Crippen molar-refractivity contribution < 1.29 is 4.74 Å². The SMILES string of the molecule is CCCCNCc1cc(Cl)ccc1OCC. The molecule has 0 aliphatic rings. The third kappa shape index (κ3) is 4.42. The first-order valence-corrected chi connectivity index (χ1v) is 6.27. The summed E-state index contributed by atoms with van der Waals surface area (Å²) in [5, 5.41) is 4.15. The lowest BCUT2D eigenvalue weighted by molar-refractivity contribution is 0.335. The fourth-order valence-corrected chi connectivity index (χ4v) is 1.70. The van der Waals surface area contributed by atoms with E-state index in [1.54, 1.807) is 0 Å². The van der Waals surface area contributed by atoms with E-state index in [-0.39, 0.29) is 0 Å². The number of benzene rings is 1. The number of ether oxygens (including phenoxy) is 1. The summed E-state index contributed by atoms with van der Waals surface area (Å²) in [4.78, 5) is 0. The normalized spacial score (nSPS) is 10.4. The molecule has 1 rings (SSSR count). The average molecular weight is 242 g/mol. The molecule has 0 aliphatic heterocycles. The molecule has 0 saturated heterocycles. The highest BCUT2D eigenvalue weighted by molar-refractivity contribution is 6.30. The molecule has 16 heavy (non-hydrogen) atoms. The second-order valence-electron chi connectivity index (χ2n) is 3.72. The second kappa shape index (κ2) is 7.53. The first-order chi connectivity index (χ1) is 7.77. The molecular weight excluding hydrogens is 222 g/mol. The van der Waals surface area contributed by atoms with E-state index in [2.05, 4.69) is 12.2 Å². The minimum atomic E-state index is 0.684. The molecule has 0 spiro atoms. The van der Waals surface area contributed by atoms with Gasteiger partial charge in [-0.2, -0.15) is 0 Å². The highest BCUT2D eigenvalue weighted by Gasteiger charge is 2.03. The van der Waals surface area contributed by atoms with Crippen LogP contribution in [0.1, 0.15) is 32.3 Å². The summed E-state index contributed by atoms with van der Waals surface area (Å²) in [6.45, 7) is 6.71. The number of hydrogen-bond acceptors (Lipinski definition) is 2. The predicted octanol–water partition coefficient (Wildman–Crippen LogP) is 3.63. The molecule has 1 aromatic carbocycles. The molecule has 3 heteroatoms. The highest BCUT2D eigenvalue weighted by Crippen LogP contribution is 2.22. The van der Waals surface area contributed by atoms with Gasteiger partial charge in [-0.1, -0.05) is 24.9 Å². The topological polar surface area (TPSA) is 21.3 Å². The van der Waals surface area contributed by atoms with Gasteiger partial charge >= 0.3 is 0 Å². The van der Waals surface area contributed by atoms with E-state index in [9.17, 15) is 0 Å². The van der Waals surface area contributed by atoms with Gasteiger partial charge < -0.3 is 10.1 Å². The largest absolute Gasteiger partial charge is 0.494 e.